The second-order valence-corrected chi connectivity index (χ2v) is 8.04. The van der Waals surface area contributed by atoms with E-state index < -0.39 is 4.92 Å². The van der Waals surface area contributed by atoms with Crippen molar-refractivity contribution in [2.24, 2.45) is 0 Å². The van der Waals surface area contributed by atoms with Gasteiger partial charge in [0.05, 0.1) is 27.9 Å². The number of aromatic nitrogens is 1. The largest absolute Gasteiger partial charge is 0.467 e. The molecular weight excluding hydrogens is 414 g/mol. The van der Waals surface area contributed by atoms with Gasteiger partial charge in [0.15, 0.2) is 5.13 Å². The SMILES string of the molecule is Cc1ccc(C)c2sc(N(Cc3ccco3)C(=O)/C=C\c3ccc([N+](=O)[O-])cc3)nc12. The van der Waals surface area contributed by atoms with Crippen molar-refractivity contribution < 1.29 is 14.1 Å². The van der Waals surface area contributed by atoms with E-state index in [0.717, 1.165) is 21.3 Å². The lowest BCUT2D eigenvalue weighted by atomic mass is 10.1. The first kappa shape index (κ1) is 20.5. The van der Waals surface area contributed by atoms with Gasteiger partial charge in [0.1, 0.15) is 5.76 Å². The topological polar surface area (TPSA) is 89.5 Å². The molecule has 0 spiro atoms. The van der Waals surface area contributed by atoms with Crippen molar-refractivity contribution in [1.82, 2.24) is 4.98 Å². The highest BCUT2D eigenvalue weighted by Gasteiger charge is 2.20. The van der Waals surface area contributed by atoms with E-state index in [2.05, 4.69) is 0 Å². The quantitative estimate of drug-likeness (QED) is 0.222. The molecule has 156 valence electrons. The Morgan fingerprint density at radius 3 is 2.55 bits per heavy atom. The van der Waals surface area contributed by atoms with Gasteiger partial charge in [0.2, 0.25) is 0 Å². The molecule has 2 aromatic heterocycles. The Kier molecular flexibility index (Phi) is 5.64. The number of carbonyl (C=O) groups is 1. The number of hydrogen-bond donors (Lipinski definition) is 0. The Labute approximate surface area is 182 Å². The zero-order valence-electron chi connectivity index (χ0n) is 16.9. The van der Waals surface area contributed by atoms with E-state index in [9.17, 15) is 14.9 Å². The van der Waals surface area contributed by atoms with E-state index >= 15 is 0 Å². The Balaban J connectivity index is 1.66. The normalized spacial score (nSPS) is 11.3. The average molecular weight is 433 g/mol. The van der Waals surface area contributed by atoms with Crippen molar-refractivity contribution in [2.45, 2.75) is 20.4 Å². The molecule has 2 heterocycles. The van der Waals surface area contributed by atoms with E-state index in [0.29, 0.717) is 16.5 Å². The number of anilines is 1. The lowest BCUT2D eigenvalue weighted by Gasteiger charge is -2.16. The predicted molar refractivity (Wildman–Crippen MR) is 121 cm³/mol. The van der Waals surface area contributed by atoms with Crippen molar-refractivity contribution >= 4 is 44.4 Å². The van der Waals surface area contributed by atoms with Crippen LogP contribution in [0.25, 0.3) is 16.3 Å². The molecule has 4 aromatic rings. The molecule has 0 aliphatic carbocycles. The second kappa shape index (κ2) is 8.53. The lowest BCUT2D eigenvalue weighted by molar-refractivity contribution is -0.384. The van der Waals surface area contributed by atoms with Gasteiger partial charge in [-0.05, 0) is 60.9 Å². The van der Waals surface area contributed by atoms with Gasteiger partial charge in [-0.15, -0.1) is 0 Å². The number of nitro benzene ring substituents is 1. The van der Waals surface area contributed by atoms with E-state index in [-0.39, 0.29) is 18.1 Å². The molecule has 0 saturated heterocycles. The molecule has 31 heavy (non-hydrogen) atoms. The molecule has 4 rings (SSSR count). The first-order chi connectivity index (χ1) is 14.9. The minimum absolute atomic E-state index is 0.00291. The van der Waals surface area contributed by atoms with Crippen LogP contribution in [0, 0.1) is 24.0 Å². The molecule has 1 amide bonds. The molecule has 0 fully saturated rings. The smallest absolute Gasteiger partial charge is 0.269 e. The summed E-state index contributed by atoms with van der Waals surface area (Å²) in [7, 11) is 0. The highest BCUT2D eigenvalue weighted by atomic mass is 32.1. The first-order valence-electron chi connectivity index (χ1n) is 9.55. The summed E-state index contributed by atoms with van der Waals surface area (Å²) >= 11 is 1.47. The Bertz CT molecular complexity index is 1240. The van der Waals surface area contributed by atoms with Crippen molar-refractivity contribution in [2.75, 3.05) is 4.90 Å². The molecule has 0 atom stereocenters. The maximum Gasteiger partial charge on any atom is 0.269 e. The van der Waals surface area contributed by atoms with Crippen LogP contribution in [-0.4, -0.2) is 15.8 Å². The molecule has 8 heteroatoms. The highest BCUT2D eigenvalue weighted by molar-refractivity contribution is 7.22. The minimum atomic E-state index is -0.457. The number of rotatable bonds is 6. The van der Waals surface area contributed by atoms with Crippen molar-refractivity contribution in [3.05, 3.63) is 93.4 Å². The molecule has 7 nitrogen and oxygen atoms in total. The van der Waals surface area contributed by atoms with Gasteiger partial charge in [-0.1, -0.05) is 23.5 Å². The van der Waals surface area contributed by atoms with Crippen LogP contribution in [0.15, 0.2) is 65.3 Å². The molecule has 0 saturated carbocycles. The Morgan fingerprint density at radius 2 is 1.90 bits per heavy atom. The van der Waals surface area contributed by atoms with Gasteiger partial charge in [0.25, 0.3) is 11.6 Å². The summed E-state index contributed by atoms with van der Waals surface area (Å²) in [6, 6.07) is 13.7. The lowest BCUT2D eigenvalue weighted by Crippen LogP contribution is -2.28. The number of non-ortho nitro benzene ring substituents is 1. The maximum absolute atomic E-state index is 13.1. The van der Waals surface area contributed by atoms with Crippen LogP contribution in [0.3, 0.4) is 0 Å². The minimum Gasteiger partial charge on any atom is -0.467 e. The van der Waals surface area contributed by atoms with E-state index in [1.165, 1.54) is 29.5 Å². The Hall–Kier alpha value is -3.78. The number of hydrogen-bond acceptors (Lipinski definition) is 6. The van der Waals surface area contributed by atoms with Gasteiger partial charge < -0.3 is 4.42 Å². The molecule has 0 aliphatic heterocycles. The monoisotopic (exact) mass is 433 g/mol. The van der Waals surface area contributed by atoms with Crippen LogP contribution < -0.4 is 4.90 Å². The van der Waals surface area contributed by atoms with Crippen LogP contribution in [-0.2, 0) is 11.3 Å². The number of fused-ring (bicyclic) bond motifs is 1. The summed E-state index contributed by atoms with van der Waals surface area (Å²) in [6.07, 6.45) is 4.64. The van der Waals surface area contributed by atoms with Gasteiger partial charge in [-0.2, -0.15) is 0 Å². The molecule has 0 N–H and O–H groups in total. The summed E-state index contributed by atoms with van der Waals surface area (Å²) < 4.78 is 6.50. The number of nitrogens with zero attached hydrogens (tertiary/aromatic N) is 3. The van der Waals surface area contributed by atoms with E-state index in [1.54, 1.807) is 35.4 Å². The third-order valence-electron chi connectivity index (χ3n) is 4.84. The predicted octanol–water partition coefficient (Wildman–Crippen LogP) is 5.66. The zero-order chi connectivity index (χ0) is 22.0. The van der Waals surface area contributed by atoms with Crippen LogP contribution in [0.4, 0.5) is 10.8 Å². The van der Waals surface area contributed by atoms with E-state index in [4.69, 9.17) is 9.40 Å². The molecule has 0 bridgehead atoms. The standard InChI is InChI=1S/C23H19N3O4S/c1-15-5-6-16(2)22-21(15)24-23(31-22)25(14-19-4-3-13-30-19)20(27)12-9-17-7-10-18(11-8-17)26(28)29/h3-13H,14H2,1-2H3/b12-9-. The Morgan fingerprint density at radius 1 is 1.16 bits per heavy atom. The number of aryl methyl sites for hydroxylation is 2. The van der Waals surface area contributed by atoms with Crippen LogP contribution in [0.2, 0.25) is 0 Å². The van der Waals surface area contributed by atoms with Crippen LogP contribution in [0.5, 0.6) is 0 Å². The molecule has 0 radical (unpaired) electrons. The van der Waals surface area contributed by atoms with Crippen molar-refractivity contribution in [3.63, 3.8) is 0 Å². The zero-order valence-corrected chi connectivity index (χ0v) is 17.8. The van der Waals surface area contributed by atoms with Crippen molar-refractivity contribution in [3.8, 4) is 0 Å². The number of furan rings is 1. The summed E-state index contributed by atoms with van der Waals surface area (Å²) in [5, 5.41) is 11.4. The van der Waals surface area contributed by atoms with Crippen LogP contribution >= 0.6 is 11.3 Å². The fourth-order valence-electron chi connectivity index (χ4n) is 3.13. The number of thiazole rings is 1. The summed E-state index contributed by atoms with van der Waals surface area (Å²) in [6.45, 7) is 4.27. The summed E-state index contributed by atoms with van der Waals surface area (Å²) in [5.74, 6) is 0.383. The average Bonchev–Trinajstić information content (AvgIpc) is 3.44. The number of benzene rings is 2. The third kappa shape index (κ3) is 4.39. The third-order valence-corrected chi connectivity index (χ3v) is 6.06. The number of amides is 1. The molecule has 0 aliphatic rings. The summed E-state index contributed by atoms with van der Waals surface area (Å²) in [4.78, 5) is 29.8. The molecule has 0 unspecified atom stereocenters. The fraction of sp³-hybridized carbons (Fsp3) is 0.130. The van der Waals surface area contributed by atoms with Gasteiger partial charge in [0, 0.05) is 18.2 Å². The first-order valence-corrected chi connectivity index (χ1v) is 10.4. The number of nitro groups is 1. The maximum atomic E-state index is 13.1. The summed E-state index contributed by atoms with van der Waals surface area (Å²) in [5.41, 5.74) is 3.73. The van der Waals surface area contributed by atoms with Crippen LogP contribution in [0.1, 0.15) is 22.5 Å². The fourth-order valence-corrected chi connectivity index (χ4v) is 4.24. The van der Waals surface area contributed by atoms with Crippen molar-refractivity contribution in [1.29, 1.82) is 0 Å². The highest BCUT2D eigenvalue weighted by Crippen LogP contribution is 2.34. The van der Waals surface area contributed by atoms with Gasteiger partial charge in [-0.25, -0.2) is 4.98 Å². The molecule has 2 aromatic carbocycles. The number of carbonyl (C=O) groups excluding carboxylic acids is 1. The molecular formula is C23H19N3O4S. The van der Waals surface area contributed by atoms with Gasteiger partial charge in [-0.3, -0.25) is 19.8 Å². The van der Waals surface area contributed by atoms with E-state index in [1.807, 2.05) is 32.0 Å². The van der Waals surface area contributed by atoms with Gasteiger partial charge >= 0.3 is 0 Å². The second-order valence-electron chi connectivity index (χ2n) is 7.06.